The van der Waals surface area contributed by atoms with E-state index in [4.69, 9.17) is 0 Å². The molecule has 23 heavy (non-hydrogen) atoms. The minimum Gasteiger partial charge on any atom is -0.350 e. The standard InChI is InChI=1S/C17H23N3O3/c1-13(21)18-11-16(22)19-15-10-17(23)20(12-15)9-5-8-14-6-3-2-4-7-14/h2-4,6-7,15H,5,8-12H2,1H3,(H,18,21)(H,19,22). The highest BCUT2D eigenvalue weighted by Gasteiger charge is 2.29. The normalized spacial score (nSPS) is 17.2. The van der Waals surface area contributed by atoms with E-state index in [1.54, 1.807) is 4.90 Å². The average Bonchev–Trinajstić information content (AvgIpc) is 2.86. The molecule has 1 aliphatic heterocycles. The molecule has 0 spiro atoms. The van der Waals surface area contributed by atoms with E-state index in [9.17, 15) is 14.4 Å². The predicted molar refractivity (Wildman–Crippen MR) is 86.6 cm³/mol. The van der Waals surface area contributed by atoms with Crippen molar-refractivity contribution in [2.45, 2.75) is 32.2 Å². The number of likely N-dealkylation sites (tertiary alicyclic amines) is 1. The van der Waals surface area contributed by atoms with Gasteiger partial charge >= 0.3 is 0 Å². The van der Waals surface area contributed by atoms with Crippen molar-refractivity contribution >= 4 is 17.7 Å². The first-order valence-electron chi connectivity index (χ1n) is 7.90. The Labute approximate surface area is 136 Å². The van der Waals surface area contributed by atoms with Crippen LogP contribution in [-0.4, -0.2) is 48.3 Å². The van der Waals surface area contributed by atoms with Crippen LogP contribution in [0.5, 0.6) is 0 Å². The molecule has 124 valence electrons. The summed E-state index contributed by atoms with van der Waals surface area (Å²) in [6.45, 7) is 2.56. The van der Waals surface area contributed by atoms with Gasteiger partial charge in [-0.1, -0.05) is 30.3 Å². The molecule has 1 unspecified atom stereocenters. The summed E-state index contributed by atoms with van der Waals surface area (Å²) in [7, 11) is 0. The van der Waals surface area contributed by atoms with Crippen molar-refractivity contribution in [1.82, 2.24) is 15.5 Å². The Hall–Kier alpha value is -2.37. The third-order valence-corrected chi connectivity index (χ3v) is 3.81. The summed E-state index contributed by atoms with van der Waals surface area (Å²) < 4.78 is 0. The van der Waals surface area contributed by atoms with Gasteiger partial charge in [0, 0.05) is 26.4 Å². The molecule has 0 radical (unpaired) electrons. The zero-order valence-electron chi connectivity index (χ0n) is 13.4. The highest BCUT2D eigenvalue weighted by Crippen LogP contribution is 2.12. The molecule has 1 saturated heterocycles. The van der Waals surface area contributed by atoms with Gasteiger partial charge in [0.1, 0.15) is 0 Å². The summed E-state index contributed by atoms with van der Waals surface area (Å²) in [5.41, 5.74) is 1.26. The Balaban J connectivity index is 1.70. The maximum Gasteiger partial charge on any atom is 0.239 e. The average molecular weight is 317 g/mol. The van der Waals surface area contributed by atoms with Crippen molar-refractivity contribution in [2.75, 3.05) is 19.6 Å². The molecule has 1 aromatic carbocycles. The molecule has 0 aliphatic carbocycles. The largest absolute Gasteiger partial charge is 0.350 e. The van der Waals surface area contributed by atoms with Crippen LogP contribution < -0.4 is 10.6 Å². The molecular weight excluding hydrogens is 294 g/mol. The van der Waals surface area contributed by atoms with E-state index < -0.39 is 0 Å². The maximum absolute atomic E-state index is 12.0. The van der Waals surface area contributed by atoms with E-state index in [0.717, 1.165) is 12.8 Å². The molecule has 0 aromatic heterocycles. The van der Waals surface area contributed by atoms with Gasteiger partial charge in [-0.3, -0.25) is 14.4 Å². The second kappa shape index (κ2) is 8.31. The lowest BCUT2D eigenvalue weighted by molar-refractivity contribution is -0.127. The first-order chi connectivity index (χ1) is 11.0. The van der Waals surface area contributed by atoms with Crippen LogP contribution in [0.3, 0.4) is 0 Å². The molecule has 2 rings (SSSR count). The van der Waals surface area contributed by atoms with Crippen LogP contribution in [0.15, 0.2) is 30.3 Å². The molecule has 6 nitrogen and oxygen atoms in total. The maximum atomic E-state index is 12.0. The lowest BCUT2D eigenvalue weighted by Gasteiger charge is -2.17. The van der Waals surface area contributed by atoms with E-state index in [1.165, 1.54) is 12.5 Å². The van der Waals surface area contributed by atoms with E-state index >= 15 is 0 Å². The molecule has 6 heteroatoms. The smallest absolute Gasteiger partial charge is 0.239 e. The molecule has 2 N–H and O–H groups in total. The van der Waals surface area contributed by atoms with Crippen molar-refractivity contribution < 1.29 is 14.4 Å². The van der Waals surface area contributed by atoms with Crippen LogP contribution >= 0.6 is 0 Å². The van der Waals surface area contributed by atoms with Crippen LogP contribution in [-0.2, 0) is 20.8 Å². The van der Waals surface area contributed by atoms with Crippen molar-refractivity contribution in [3.05, 3.63) is 35.9 Å². The SMILES string of the molecule is CC(=O)NCC(=O)NC1CC(=O)N(CCCc2ccccc2)C1. The summed E-state index contributed by atoms with van der Waals surface area (Å²) in [6.07, 6.45) is 2.17. The van der Waals surface area contributed by atoms with Crippen molar-refractivity contribution in [3.8, 4) is 0 Å². The van der Waals surface area contributed by atoms with Gasteiger partial charge < -0.3 is 15.5 Å². The van der Waals surface area contributed by atoms with Gasteiger partial charge in [-0.25, -0.2) is 0 Å². The number of carbonyl (C=O) groups is 3. The third-order valence-electron chi connectivity index (χ3n) is 3.81. The van der Waals surface area contributed by atoms with Gasteiger partial charge in [-0.05, 0) is 18.4 Å². The van der Waals surface area contributed by atoms with Gasteiger partial charge in [0.05, 0.1) is 12.6 Å². The quantitative estimate of drug-likeness (QED) is 0.767. The molecular formula is C17H23N3O3. The Morgan fingerprint density at radius 1 is 1.26 bits per heavy atom. The molecule has 0 bridgehead atoms. The number of nitrogens with zero attached hydrogens (tertiary/aromatic N) is 1. The Morgan fingerprint density at radius 2 is 2.00 bits per heavy atom. The molecule has 3 amide bonds. The predicted octanol–water partition coefficient (Wildman–Crippen LogP) is 0.472. The summed E-state index contributed by atoms with van der Waals surface area (Å²) in [4.78, 5) is 36.2. The monoisotopic (exact) mass is 317 g/mol. The molecule has 0 saturated carbocycles. The highest BCUT2D eigenvalue weighted by atomic mass is 16.2. The first-order valence-corrected chi connectivity index (χ1v) is 7.90. The van der Waals surface area contributed by atoms with Crippen molar-refractivity contribution in [3.63, 3.8) is 0 Å². The second-order valence-corrected chi connectivity index (χ2v) is 5.81. The number of nitrogens with one attached hydrogen (secondary N) is 2. The summed E-state index contributed by atoms with van der Waals surface area (Å²) in [5.74, 6) is -0.433. The Bertz CT molecular complexity index is 559. The zero-order valence-corrected chi connectivity index (χ0v) is 13.4. The van der Waals surface area contributed by atoms with E-state index in [2.05, 4.69) is 22.8 Å². The lowest BCUT2D eigenvalue weighted by atomic mass is 10.1. The number of carbonyl (C=O) groups excluding carboxylic acids is 3. The van der Waals surface area contributed by atoms with Gasteiger partial charge in [0.2, 0.25) is 17.7 Å². The number of hydrogen-bond acceptors (Lipinski definition) is 3. The zero-order chi connectivity index (χ0) is 16.7. The van der Waals surface area contributed by atoms with Gasteiger partial charge in [0.25, 0.3) is 0 Å². The number of benzene rings is 1. The summed E-state index contributed by atoms with van der Waals surface area (Å²) >= 11 is 0. The second-order valence-electron chi connectivity index (χ2n) is 5.81. The van der Waals surface area contributed by atoms with Gasteiger partial charge in [0.15, 0.2) is 0 Å². The number of rotatable bonds is 7. The molecule has 1 heterocycles. The van der Waals surface area contributed by atoms with E-state index in [-0.39, 0.29) is 30.3 Å². The van der Waals surface area contributed by atoms with Crippen LogP contribution in [0.1, 0.15) is 25.3 Å². The lowest BCUT2D eigenvalue weighted by Crippen LogP contribution is -2.42. The Kier molecular flexibility index (Phi) is 6.14. The van der Waals surface area contributed by atoms with Crippen LogP contribution in [0, 0.1) is 0 Å². The Morgan fingerprint density at radius 3 is 2.70 bits per heavy atom. The third kappa shape index (κ3) is 5.73. The first kappa shape index (κ1) is 17.0. The van der Waals surface area contributed by atoms with Gasteiger partial charge in [-0.2, -0.15) is 0 Å². The number of hydrogen-bond donors (Lipinski definition) is 2. The molecule has 1 aromatic rings. The minimum absolute atomic E-state index is 0.0476. The minimum atomic E-state index is -0.260. The fourth-order valence-corrected chi connectivity index (χ4v) is 2.69. The fourth-order valence-electron chi connectivity index (χ4n) is 2.69. The van der Waals surface area contributed by atoms with Crippen molar-refractivity contribution in [2.24, 2.45) is 0 Å². The van der Waals surface area contributed by atoms with Crippen LogP contribution in [0.25, 0.3) is 0 Å². The summed E-state index contributed by atoms with van der Waals surface area (Å²) in [5, 5.41) is 5.23. The van der Waals surface area contributed by atoms with Crippen LogP contribution in [0.2, 0.25) is 0 Å². The van der Waals surface area contributed by atoms with Crippen molar-refractivity contribution in [1.29, 1.82) is 0 Å². The van der Waals surface area contributed by atoms with Gasteiger partial charge in [-0.15, -0.1) is 0 Å². The fraction of sp³-hybridized carbons (Fsp3) is 0.471. The van der Waals surface area contributed by atoms with E-state index in [0.29, 0.717) is 19.5 Å². The number of aryl methyl sites for hydroxylation is 1. The topological polar surface area (TPSA) is 78.5 Å². The molecule has 1 fully saturated rings. The van der Waals surface area contributed by atoms with Crippen LogP contribution in [0.4, 0.5) is 0 Å². The number of amides is 3. The highest BCUT2D eigenvalue weighted by molar-refractivity contribution is 5.85. The molecule has 1 aliphatic rings. The summed E-state index contributed by atoms with van der Waals surface area (Å²) in [6, 6.07) is 10.0. The molecule has 1 atom stereocenters. The van der Waals surface area contributed by atoms with E-state index in [1.807, 2.05) is 18.2 Å².